The van der Waals surface area contributed by atoms with Crippen LogP contribution < -0.4 is 5.56 Å². The second-order valence-corrected chi connectivity index (χ2v) is 6.91. The Morgan fingerprint density at radius 3 is 2.61 bits per heavy atom. The molecule has 1 N–H and O–H groups in total. The van der Waals surface area contributed by atoms with E-state index in [0.717, 1.165) is 11.1 Å². The highest BCUT2D eigenvalue weighted by molar-refractivity contribution is 6.30. The van der Waals surface area contributed by atoms with Crippen LogP contribution >= 0.6 is 11.6 Å². The summed E-state index contributed by atoms with van der Waals surface area (Å²) >= 11 is 5.99. The summed E-state index contributed by atoms with van der Waals surface area (Å²) in [5.74, 6) is 0.464. The SMILES string of the molecule is CC(CO)n1c(-c2ccc(Cl)cc2)nc2cnc(-c3cccnc3)cc2c1=O. The summed E-state index contributed by atoms with van der Waals surface area (Å²) in [5.41, 5.74) is 2.45. The van der Waals surface area contributed by atoms with E-state index in [4.69, 9.17) is 11.6 Å². The van der Waals surface area contributed by atoms with Crippen LogP contribution in [0.1, 0.15) is 13.0 Å². The van der Waals surface area contributed by atoms with Gasteiger partial charge in [-0.3, -0.25) is 19.3 Å². The summed E-state index contributed by atoms with van der Waals surface area (Å²) in [7, 11) is 0. The van der Waals surface area contributed by atoms with E-state index in [9.17, 15) is 9.90 Å². The molecule has 0 spiro atoms. The maximum Gasteiger partial charge on any atom is 0.262 e. The monoisotopic (exact) mass is 392 g/mol. The molecule has 4 rings (SSSR count). The van der Waals surface area contributed by atoms with Gasteiger partial charge in [0.1, 0.15) is 5.82 Å². The third kappa shape index (κ3) is 3.28. The number of halogens is 1. The Hall–Kier alpha value is -3.09. The van der Waals surface area contributed by atoms with E-state index < -0.39 is 6.04 Å². The second-order valence-electron chi connectivity index (χ2n) is 6.48. The summed E-state index contributed by atoms with van der Waals surface area (Å²) in [6.45, 7) is 1.59. The van der Waals surface area contributed by atoms with Gasteiger partial charge in [-0.15, -0.1) is 0 Å². The lowest BCUT2D eigenvalue weighted by atomic mass is 10.1. The van der Waals surface area contributed by atoms with Gasteiger partial charge in [0.15, 0.2) is 0 Å². The Morgan fingerprint density at radius 2 is 1.93 bits per heavy atom. The number of pyridine rings is 2. The number of fused-ring (bicyclic) bond motifs is 1. The van der Waals surface area contributed by atoms with Crippen LogP contribution in [0.2, 0.25) is 5.02 Å². The second kappa shape index (κ2) is 7.50. The molecule has 140 valence electrons. The van der Waals surface area contributed by atoms with Crippen LogP contribution in [0.5, 0.6) is 0 Å². The van der Waals surface area contributed by atoms with Gasteiger partial charge in [-0.1, -0.05) is 11.6 Å². The van der Waals surface area contributed by atoms with Crippen LogP contribution in [0.4, 0.5) is 0 Å². The Labute approximate surface area is 166 Å². The average Bonchev–Trinajstić information content (AvgIpc) is 2.74. The molecule has 1 unspecified atom stereocenters. The van der Waals surface area contributed by atoms with Crippen molar-refractivity contribution in [2.75, 3.05) is 6.61 Å². The standard InChI is InChI=1S/C21H17ClN4O2/c1-13(12-27)26-20(14-4-6-16(22)7-5-14)25-19-11-24-18(9-17(19)21(26)28)15-3-2-8-23-10-15/h2-11,13,27H,12H2,1H3. The van der Waals surface area contributed by atoms with Gasteiger partial charge in [0.25, 0.3) is 5.56 Å². The number of rotatable bonds is 4. The summed E-state index contributed by atoms with van der Waals surface area (Å²) in [6, 6.07) is 12.1. The Morgan fingerprint density at radius 1 is 1.14 bits per heavy atom. The number of hydrogen-bond donors (Lipinski definition) is 1. The average molecular weight is 393 g/mol. The summed E-state index contributed by atoms with van der Waals surface area (Å²) in [5, 5.41) is 10.7. The maximum absolute atomic E-state index is 13.3. The van der Waals surface area contributed by atoms with Crippen molar-refractivity contribution in [1.29, 1.82) is 0 Å². The molecular formula is C21H17ClN4O2. The summed E-state index contributed by atoms with van der Waals surface area (Å²) in [4.78, 5) is 26.5. The lowest BCUT2D eigenvalue weighted by molar-refractivity contribution is 0.237. The van der Waals surface area contributed by atoms with Crippen molar-refractivity contribution in [3.05, 3.63) is 76.4 Å². The molecule has 7 heteroatoms. The quantitative estimate of drug-likeness (QED) is 0.572. The molecule has 3 heterocycles. The normalized spacial score (nSPS) is 12.2. The van der Waals surface area contributed by atoms with E-state index in [1.807, 2.05) is 12.1 Å². The van der Waals surface area contributed by atoms with Crippen molar-refractivity contribution in [1.82, 2.24) is 19.5 Å². The minimum atomic E-state index is -0.440. The van der Waals surface area contributed by atoms with Crippen molar-refractivity contribution in [2.45, 2.75) is 13.0 Å². The molecule has 6 nitrogen and oxygen atoms in total. The number of aliphatic hydroxyl groups excluding tert-OH is 1. The largest absolute Gasteiger partial charge is 0.394 e. The van der Waals surface area contributed by atoms with Crippen molar-refractivity contribution >= 4 is 22.5 Å². The highest BCUT2D eigenvalue weighted by Gasteiger charge is 2.18. The van der Waals surface area contributed by atoms with Crippen LogP contribution in [-0.4, -0.2) is 31.2 Å². The van der Waals surface area contributed by atoms with E-state index in [0.29, 0.717) is 27.4 Å². The third-order valence-electron chi connectivity index (χ3n) is 4.55. The summed E-state index contributed by atoms with van der Waals surface area (Å²) < 4.78 is 1.51. The van der Waals surface area contributed by atoms with Crippen molar-refractivity contribution in [2.24, 2.45) is 0 Å². The minimum absolute atomic E-state index is 0.186. The Bertz CT molecular complexity index is 1190. The Balaban J connectivity index is 1.98. The highest BCUT2D eigenvalue weighted by Crippen LogP contribution is 2.25. The molecule has 0 aliphatic heterocycles. The molecular weight excluding hydrogens is 376 g/mol. The van der Waals surface area contributed by atoms with Gasteiger partial charge in [-0.2, -0.15) is 0 Å². The van der Waals surface area contributed by atoms with E-state index in [2.05, 4.69) is 15.0 Å². The van der Waals surface area contributed by atoms with E-state index in [1.54, 1.807) is 55.8 Å². The van der Waals surface area contributed by atoms with Gasteiger partial charge < -0.3 is 5.11 Å². The first-order valence-electron chi connectivity index (χ1n) is 8.78. The number of hydrogen-bond acceptors (Lipinski definition) is 5. The fourth-order valence-corrected chi connectivity index (χ4v) is 3.19. The number of aliphatic hydroxyl groups is 1. The lowest BCUT2D eigenvalue weighted by Gasteiger charge is -2.18. The predicted molar refractivity (Wildman–Crippen MR) is 109 cm³/mol. The molecule has 0 bridgehead atoms. The lowest BCUT2D eigenvalue weighted by Crippen LogP contribution is -2.28. The molecule has 0 aliphatic carbocycles. The van der Waals surface area contributed by atoms with Gasteiger partial charge in [0.2, 0.25) is 0 Å². The van der Waals surface area contributed by atoms with E-state index in [-0.39, 0.29) is 12.2 Å². The molecule has 0 saturated heterocycles. The molecule has 0 saturated carbocycles. The van der Waals surface area contributed by atoms with Crippen LogP contribution in [0.25, 0.3) is 33.5 Å². The summed E-state index contributed by atoms with van der Waals surface area (Å²) in [6.07, 6.45) is 4.96. The third-order valence-corrected chi connectivity index (χ3v) is 4.80. The first-order valence-corrected chi connectivity index (χ1v) is 9.16. The van der Waals surface area contributed by atoms with Gasteiger partial charge >= 0.3 is 0 Å². The Kier molecular flexibility index (Phi) is 4.90. The van der Waals surface area contributed by atoms with E-state index >= 15 is 0 Å². The molecule has 0 aliphatic rings. The zero-order valence-electron chi connectivity index (χ0n) is 15.1. The van der Waals surface area contributed by atoms with Crippen molar-refractivity contribution in [3.63, 3.8) is 0 Å². The maximum atomic E-state index is 13.3. The fourth-order valence-electron chi connectivity index (χ4n) is 3.07. The van der Waals surface area contributed by atoms with Gasteiger partial charge in [0, 0.05) is 28.5 Å². The fraction of sp³-hybridized carbons (Fsp3) is 0.143. The van der Waals surface area contributed by atoms with Crippen LogP contribution in [0.15, 0.2) is 65.8 Å². The molecule has 4 aromatic rings. The van der Waals surface area contributed by atoms with E-state index in [1.165, 1.54) is 4.57 Å². The van der Waals surface area contributed by atoms with Crippen LogP contribution in [0, 0.1) is 0 Å². The number of benzene rings is 1. The highest BCUT2D eigenvalue weighted by atomic mass is 35.5. The zero-order valence-corrected chi connectivity index (χ0v) is 15.8. The number of aromatic nitrogens is 4. The van der Waals surface area contributed by atoms with Crippen molar-refractivity contribution < 1.29 is 5.11 Å². The van der Waals surface area contributed by atoms with Crippen LogP contribution in [-0.2, 0) is 0 Å². The number of nitrogens with zero attached hydrogens (tertiary/aromatic N) is 4. The molecule has 0 radical (unpaired) electrons. The van der Waals surface area contributed by atoms with Crippen LogP contribution in [0.3, 0.4) is 0 Å². The van der Waals surface area contributed by atoms with Gasteiger partial charge in [0.05, 0.1) is 35.4 Å². The zero-order chi connectivity index (χ0) is 19.7. The van der Waals surface area contributed by atoms with Gasteiger partial charge in [-0.25, -0.2) is 4.98 Å². The van der Waals surface area contributed by atoms with Crippen molar-refractivity contribution in [3.8, 4) is 22.6 Å². The smallest absolute Gasteiger partial charge is 0.262 e. The van der Waals surface area contributed by atoms with Gasteiger partial charge in [-0.05, 0) is 49.4 Å². The molecule has 28 heavy (non-hydrogen) atoms. The molecule has 1 atom stereocenters. The molecule has 3 aromatic heterocycles. The molecule has 0 fully saturated rings. The topological polar surface area (TPSA) is 80.9 Å². The minimum Gasteiger partial charge on any atom is -0.394 e. The molecule has 0 amide bonds. The molecule has 1 aromatic carbocycles. The first-order chi connectivity index (χ1) is 13.6. The predicted octanol–water partition coefficient (Wildman–Crippen LogP) is 3.73. The first kappa shape index (κ1) is 18.3.